The molecular formula is C15H20N4O2. The molecule has 0 radical (unpaired) electrons. The topological polar surface area (TPSA) is 97.5 Å². The molecule has 0 spiro atoms. The largest absolute Gasteiger partial charge is 0.459 e. The predicted octanol–water partition coefficient (Wildman–Crippen LogP) is 0.959. The van der Waals surface area contributed by atoms with Crippen molar-refractivity contribution >= 4 is 16.9 Å². The summed E-state index contributed by atoms with van der Waals surface area (Å²) in [6.45, 7) is 2.44. The number of nitrogens with zero attached hydrogens (tertiary/aromatic N) is 1. The van der Waals surface area contributed by atoms with Crippen molar-refractivity contribution in [2.45, 2.75) is 25.4 Å². The van der Waals surface area contributed by atoms with Gasteiger partial charge in [0.05, 0.1) is 12.1 Å². The van der Waals surface area contributed by atoms with Crippen LogP contribution in [-0.4, -0.2) is 29.9 Å². The monoisotopic (exact) mass is 288 g/mol. The lowest BCUT2D eigenvalue weighted by Gasteiger charge is -2.29. The smallest absolute Gasteiger partial charge is 0.269 e. The lowest BCUT2D eigenvalue weighted by atomic mass is 10.1. The van der Waals surface area contributed by atoms with Gasteiger partial charge in [0.2, 0.25) is 0 Å². The normalized spacial score (nSPS) is 17.2. The molecule has 21 heavy (non-hydrogen) atoms. The SMILES string of the molecule is NNC(=O)c1c(CN2CCC(N)CC2)oc2ccccc12. The van der Waals surface area contributed by atoms with Crippen molar-refractivity contribution in [3.63, 3.8) is 0 Å². The zero-order chi connectivity index (χ0) is 14.8. The van der Waals surface area contributed by atoms with E-state index < -0.39 is 0 Å². The van der Waals surface area contributed by atoms with E-state index in [1.54, 1.807) is 0 Å². The number of carbonyl (C=O) groups is 1. The van der Waals surface area contributed by atoms with Crippen molar-refractivity contribution in [1.82, 2.24) is 10.3 Å². The third-order valence-electron chi connectivity index (χ3n) is 4.03. The molecular weight excluding hydrogens is 268 g/mol. The number of rotatable bonds is 3. The van der Waals surface area contributed by atoms with Gasteiger partial charge in [-0.3, -0.25) is 15.1 Å². The molecule has 0 aliphatic carbocycles. The van der Waals surface area contributed by atoms with Gasteiger partial charge in [0.1, 0.15) is 11.3 Å². The number of fused-ring (bicyclic) bond motifs is 1. The molecule has 1 amide bonds. The molecule has 1 aromatic carbocycles. The lowest BCUT2D eigenvalue weighted by Crippen LogP contribution is -2.39. The molecule has 5 N–H and O–H groups in total. The Bertz CT molecular complexity index is 644. The zero-order valence-electron chi connectivity index (χ0n) is 11.8. The summed E-state index contributed by atoms with van der Waals surface area (Å²) >= 11 is 0. The Morgan fingerprint density at radius 3 is 2.76 bits per heavy atom. The Labute approximate surface area is 123 Å². The third kappa shape index (κ3) is 2.78. The van der Waals surface area contributed by atoms with Gasteiger partial charge in [-0.15, -0.1) is 0 Å². The fourth-order valence-electron chi connectivity index (χ4n) is 2.84. The Morgan fingerprint density at radius 2 is 2.05 bits per heavy atom. The van der Waals surface area contributed by atoms with Crippen LogP contribution in [-0.2, 0) is 6.54 Å². The molecule has 112 valence electrons. The first-order valence-corrected chi connectivity index (χ1v) is 7.18. The van der Waals surface area contributed by atoms with Gasteiger partial charge in [-0.1, -0.05) is 18.2 Å². The van der Waals surface area contributed by atoms with Crippen LogP contribution in [0.2, 0.25) is 0 Å². The number of hydrogen-bond donors (Lipinski definition) is 3. The maximum Gasteiger partial charge on any atom is 0.269 e. The number of carbonyl (C=O) groups excluding carboxylic acids is 1. The number of furan rings is 1. The molecule has 0 saturated carbocycles. The molecule has 1 saturated heterocycles. The van der Waals surface area contributed by atoms with Gasteiger partial charge in [0.15, 0.2) is 0 Å². The fourth-order valence-corrected chi connectivity index (χ4v) is 2.84. The molecule has 2 aromatic rings. The highest BCUT2D eigenvalue weighted by Gasteiger charge is 2.23. The summed E-state index contributed by atoms with van der Waals surface area (Å²) in [5.41, 5.74) is 9.37. The van der Waals surface area contributed by atoms with Gasteiger partial charge < -0.3 is 10.2 Å². The summed E-state index contributed by atoms with van der Waals surface area (Å²) in [5, 5.41) is 0.796. The first-order chi connectivity index (χ1) is 10.2. The Morgan fingerprint density at radius 1 is 1.33 bits per heavy atom. The molecule has 2 heterocycles. The van der Waals surface area contributed by atoms with Gasteiger partial charge in [0.25, 0.3) is 5.91 Å². The number of amides is 1. The van der Waals surface area contributed by atoms with E-state index in [2.05, 4.69) is 10.3 Å². The zero-order valence-corrected chi connectivity index (χ0v) is 11.8. The number of nitrogens with one attached hydrogen (secondary N) is 1. The molecule has 6 heteroatoms. The number of nitrogens with two attached hydrogens (primary N) is 2. The van der Waals surface area contributed by atoms with E-state index in [0.717, 1.165) is 31.3 Å². The molecule has 3 rings (SSSR count). The first kappa shape index (κ1) is 14.1. The second kappa shape index (κ2) is 5.85. The predicted molar refractivity (Wildman–Crippen MR) is 80.4 cm³/mol. The van der Waals surface area contributed by atoms with Crippen LogP contribution >= 0.6 is 0 Å². The van der Waals surface area contributed by atoms with Crippen LogP contribution in [0, 0.1) is 0 Å². The van der Waals surface area contributed by atoms with Gasteiger partial charge in [0, 0.05) is 24.5 Å². The quantitative estimate of drug-likeness (QED) is 0.444. The van der Waals surface area contributed by atoms with Crippen molar-refractivity contribution in [1.29, 1.82) is 0 Å². The van der Waals surface area contributed by atoms with Gasteiger partial charge in [-0.25, -0.2) is 5.84 Å². The van der Waals surface area contributed by atoms with Crippen LogP contribution < -0.4 is 17.0 Å². The van der Waals surface area contributed by atoms with E-state index in [0.29, 0.717) is 23.5 Å². The van der Waals surface area contributed by atoms with Gasteiger partial charge >= 0.3 is 0 Å². The number of nitrogen functional groups attached to an aromatic ring is 1. The van der Waals surface area contributed by atoms with Crippen molar-refractivity contribution in [2.75, 3.05) is 13.1 Å². The number of piperidine rings is 1. The Balaban J connectivity index is 1.92. The van der Waals surface area contributed by atoms with Crippen LogP contribution in [0.4, 0.5) is 0 Å². The highest BCUT2D eigenvalue weighted by molar-refractivity contribution is 6.07. The summed E-state index contributed by atoms with van der Waals surface area (Å²) in [6.07, 6.45) is 1.94. The second-order valence-corrected chi connectivity index (χ2v) is 5.48. The van der Waals surface area contributed by atoms with Crippen molar-refractivity contribution in [3.8, 4) is 0 Å². The maximum atomic E-state index is 12.1. The van der Waals surface area contributed by atoms with E-state index in [4.69, 9.17) is 16.0 Å². The van der Waals surface area contributed by atoms with E-state index >= 15 is 0 Å². The number of hydrogen-bond acceptors (Lipinski definition) is 5. The summed E-state index contributed by atoms with van der Waals surface area (Å²) in [4.78, 5) is 14.3. The van der Waals surface area contributed by atoms with Crippen LogP contribution in [0.5, 0.6) is 0 Å². The van der Waals surface area contributed by atoms with Crippen LogP contribution in [0.3, 0.4) is 0 Å². The number of likely N-dealkylation sites (tertiary alicyclic amines) is 1. The first-order valence-electron chi connectivity index (χ1n) is 7.18. The van der Waals surface area contributed by atoms with Crippen molar-refractivity contribution < 1.29 is 9.21 Å². The Hall–Kier alpha value is -1.89. The molecule has 0 atom stereocenters. The number of benzene rings is 1. The van der Waals surface area contributed by atoms with E-state index in [-0.39, 0.29) is 11.9 Å². The van der Waals surface area contributed by atoms with E-state index in [1.807, 2.05) is 24.3 Å². The van der Waals surface area contributed by atoms with Crippen LogP contribution in [0.15, 0.2) is 28.7 Å². The highest BCUT2D eigenvalue weighted by Crippen LogP contribution is 2.27. The molecule has 0 bridgehead atoms. The highest BCUT2D eigenvalue weighted by atomic mass is 16.3. The maximum absolute atomic E-state index is 12.1. The minimum atomic E-state index is -0.316. The van der Waals surface area contributed by atoms with Crippen molar-refractivity contribution in [3.05, 3.63) is 35.6 Å². The van der Waals surface area contributed by atoms with E-state index in [1.165, 1.54) is 0 Å². The summed E-state index contributed by atoms with van der Waals surface area (Å²) in [6, 6.07) is 7.79. The third-order valence-corrected chi connectivity index (χ3v) is 4.03. The van der Waals surface area contributed by atoms with Gasteiger partial charge in [-0.05, 0) is 18.9 Å². The molecule has 1 fully saturated rings. The summed E-state index contributed by atoms with van der Waals surface area (Å²) in [5.74, 6) is 5.65. The standard InChI is InChI=1S/C15H20N4O2/c16-10-5-7-19(8-6-10)9-13-14(15(20)18-17)11-3-1-2-4-12(11)21-13/h1-4,10H,5-9,16-17H2,(H,18,20). The number of hydrazine groups is 1. The molecule has 1 aliphatic heterocycles. The van der Waals surface area contributed by atoms with E-state index in [9.17, 15) is 4.79 Å². The Kier molecular flexibility index (Phi) is 3.92. The number of para-hydroxylation sites is 1. The second-order valence-electron chi connectivity index (χ2n) is 5.48. The minimum absolute atomic E-state index is 0.281. The molecule has 1 aromatic heterocycles. The minimum Gasteiger partial charge on any atom is -0.459 e. The fraction of sp³-hybridized carbons (Fsp3) is 0.400. The van der Waals surface area contributed by atoms with Crippen LogP contribution in [0.25, 0.3) is 11.0 Å². The summed E-state index contributed by atoms with van der Waals surface area (Å²) < 4.78 is 5.86. The average molecular weight is 288 g/mol. The molecule has 0 unspecified atom stereocenters. The average Bonchev–Trinajstić information content (AvgIpc) is 2.86. The molecule has 6 nitrogen and oxygen atoms in total. The molecule has 1 aliphatic rings. The van der Waals surface area contributed by atoms with Crippen LogP contribution in [0.1, 0.15) is 29.0 Å². The van der Waals surface area contributed by atoms with Gasteiger partial charge in [-0.2, -0.15) is 0 Å². The summed E-state index contributed by atoms with van der Waals surface area (Å²) in [7, 11) is 0. The van der Waals surface area contributed by atoms with Crippen molar-refractivity contribution in [2.24, 2.45) is 11.6 Å². The lowest BCUT2D eigenvalue weighted by molar-refractivity contribution is 0.0950.